The van der Waals surface area contributed by atoms with Crippen molar-refractivity contribution in [3.05, 3.63) is 40.8 Å². The van der Waals surface area contributed by atoms with Crippen molar-refractivity contribution >= 4 is 30.0 Å². The molecule has 0 atom stereocenters. The minimum absolute atomic E-state index is 0. The van der Waals surface area contributed by atoms with Gasteiger partial charge in [0.25, 0.3) is 0 Å². The zero-order valence-electron chi connectivity index (χ0n) is 10.6. The van der Waals surface area contributed by atoms with E-state index in [-0.39, 0.29) is 30.5 Å². The Morgan fingerprint density at radius 1 is 1.40 bits per heavy atom. The van der Waals surface area contributed by atoms with Gasteiger partial charge in [0.05, 0.1) is 12.8 Å². The fraction of sp³-hybridized carbons (Fsp3) is 0.250. The van der Waals surface area contributed by atoms with Gasteiger partial charge in [0.15, 0.2) is 0 Å². The van der Waals surface area contributed by atoms with Gasteiger partial charge in [-0.05, 0) is 13.0 Å². The average molecular weight is 318 g/mol. The molecule has 0 radical (unpaired) electrons. The number of ether oxygens (including phenoxy) is 2. The first-order chi connectivity index (χ1) is 9.20. The third-order valence-electron chi connectivity index (χ3n) is 2.27. The van der Waals surface area contributed by atoms with E-state index in [0.29, 0.717) is 11.8 Å². The fourth-order valence-corrected chi connectivity index (χ4v) is 1.50. The Kier molecular flexibility index (Phi) is 6.27. The molecule has 0 aliphatic heterocycles. The maximum absolute atomic E-state index is 11.6. The van der Waals surface area contributed by atoms with E-state index in [2.05, 4.69) is 15.2 Å². The molecule has 2 rings (SSSR count). The van der Waals surface area contributed by atoms with Gasteiger partial charge in [0, 0.05) is 11.8 Å². The van der Waals surface area contributed by atoms with E-state index in [1.54, 1.807) is 25.3 Å². The number of carbonyl (C=O) groups excluding carboxylic acids is 1. The second-order valence-corrected chi connectivity index (χ2v) is 4.00. The number of pyridine rings is 1. The van der Waals surface area contributed by atoms with Crippen molar-refractivity contribution in [3.63, 3.8) is 0 Å². The monoisotopic (exact) mass is 317 g/mol. The van der Waals surface area contributed by atoms with Gasteiger partial charge in [-0.3, -0.25) is 0 Å². The van der Waals surface area contributed by atoms with Crippen molar-refractivity contribution < 1.29 is 14.3 Å². The van der Waals surface area contributed by atoms with Crippen molar-refractivity contribution in [2.45, 2.75) is 13.5 Å². The van der Waals surface area contributed by atoms with Crippen LogP contribution in [0.5, 0.6) is 5.88 Å². The molecule has 2 aromatic heterocycles. The highest BCUT2D eigenvalue weighted by molar-refractivity contribution is 6.29. The van der Waals surface area contributed by atoms with Crippen LogP contribution in [0.1, 0.15) is 22.8 Å². The SMILES string of the molecule is CCOC(=O)c1cn[nH]c1OCc1ccc(Cl)nc1.Cl. The van der Waals surface area contributed by atoms with E-state index < -0.39 is 5.97 Å². The van der Waals surface area contributed by atoms with E-state index in [0.717, 1.165) is 5.56 Å². The van der Waals surface area contributed by atoms with E-state index >= 15 is 0 Å². The standard InChI is InChI=1S/C12H12ClN3O3.ClH/c1-2-18-12(17)9-6-15-16-11(9)19-7-8-3-4-10(13)14-5-8;/h3-6H,2,7H2,1H3,(H,15,16);1H. The van der Waals surface area contributed by atoms with E-state index in [1.807, 2.05) is 0 Å². The van der Waals surface area contributed by atoms with E-state index in [4.69, 9.17) is 21.1 Å². The van der Waals surface area contributed by atoms with Crippen molar-refractivity contribution in [2.24, 2.45) is 0 Å². The van der Waals surface area contributed by atoms with Crippen LogP contribution in [0.3, 0.4) is 0 Å². The van der Waals surface area contributed by atoms with Crippen molar-refractivity contribution in [2.75, 3.05) is 6.61 Å². The molecule has 2 aromatic rings. The summed E-state index contributed by atoms with van der Waals surface area (Å²) in [4.78, 5) is 15.5. The molecular weight excluding hydrogens is 305 g/mol. The smallest absolute Gasteiger partial charge is 0.345 e. The molecular formula is C12H13Cl2N3O3. The predicted molar refractivity (Wildman–Crippen MR) is 75.4 cm³/mol. The van der Waals surface area contributed by atoms with Crippen LogP contribution in [0, 0.1) is 0 Å². The molecule has 0 aliphatic rings. The van der Waals surface area contributed by atoms with Crippen molar-refractivity contribution in [3.8, 4) is 5.88 Å². The highest BCUT2D eigenvalue weighted by Crippen LogP contribution is 2.17. The molecule has 0 aliphatic carbocycles. The number of hydrogen-bond acceptors (Lipinski definition) is 5. The number of nitrogens with zero attached hydrogens (tertiary/aromatic N) is 2. The third-order valence-corrected chi connectivity index (χ3v) is 2.50. The fourth-order valence-electron chi connectivity index (χ4n) is 1.39. The molecule has 0 aromatic carbocycles. The second-order valence-electron chi connectivity index (χ2n) is 3.61. The van der Waals surface area contributed by atoms with Crippen LogP contribution in [0.4, 0.5) is 0 Å². The number of halogens is 2. The van der Waals surface area contributed by atoms with Crippen LogP contribution < -0.4 is 4.74 Å². The van der Waals surface area contributed by atoms with Gasteiger partial charge in [-0.2, -0.15) is 5.10 Å². The minimum Gasteiger partial charge on any atom is -0.472 e. The van der Waals surface area contributed by atoms with Crippen molar-refractivity contribution in [1.29, 1.82) is 0 Å². The summed E-state index contributed by atoms with van der Waals surface area (Å²) in [6.45, 7) is 2.28. The number of aromatic amines is 1. The molecule has 6 nitrogen and oxygen atoms in total. The summed E-state index contributed by atoms with van der Waals surface area (Å²) in [7, 11) is 0. The summed E-state index contributed by atoms with van der Waals surface area (Å²) >= 11 is 5.68. The molecule has 0 fully saturated rings. The van der Waals surface area contributed by atoms with Gasteiger partial charge in [-0.15, -0.1) is 12.4 Å². The summed E-state index contributed by atoms with van der Waals surface area (Å²) in [5.74, 6) is -0.200. The Bertz CT molecular complexity index is 557. The first-order valence-corrected chi connectivity index (χ1v) is 6.02. The predicted octanol–water partition coefficient (Wildman–Crippen LogP) is 2.64. The van der Waals surface area contributed by atoms with Crippen LogP contribution >= 0.6 is 24.0 Å². The molecule has 1 N–H and O–H groups in total. The first-order valence-electron chi connectivity index (χ1n) is 5.64. The Hall–Kier alpha value is -1.79. The van der Waals surface area contributed by atoms with Crippen molar-refractivity contribution in [1.82, 2.24) is 15.2 Å². The number of hydrogen-bond donors (Lipinski definition) is 1. The van der Waals surface area contributed by atoms with Gasteiger partial charge in [0.1, 0.15) is 17.3 Å². The van der Waals surface area contributed by atoms with Crippen LogP contribution in [0.2, 0.25) is 5.15 Å². The largest absolute Gasteiger partial charge is 0.472 e. The molecule has 0 amide bonds. The number of aromatic nitrogens is 3. The maximum atomic E-state index is 11.6. The molecule has 0 saturated carbocycles. The third kappa shape index (κ3) is 4.11. The zero-order valence-corrected chi connectivity index (χ0v) is 12.2. The molecule has 0 saturated heterocycles. The lowest BCUT2D eigenvalue weighted by Crippen LogP contribution is -2.06. The van der Waals surface area contributed by atoms with Crippen LogP contribution in [-0.2, 0) is 11.3 Å². The molecule has 2 heterocycles. The maximum Gasteiger partial charge on any atom is 0.345 e. The Morgan fingerprint density at radius 2 is 2.20 bits per heavy atom. The van der Waals surface area contributed by atoms with E-state index in [9.17, 15) is 4.79 Å². The van der Waals surface area contributed by atoms with Gasteiger partial charge in [0.2, 0.25) is 5.88 Å². The average Bonchev–Trinajstić information content (AvgIpc) is 2.87. The highest BCUT2D eigenvalue weighted by Gasteiger charge is 2.16. The lowest BCUT2D eigenvalue weighted by molar-refractivity contribution is 0.0521. The van der Waals surface area contributed by atoms with Crippen LogP contribution in [0.25, 0.3) is 0 Å². The molecule has 0 spiro atoms. The molecule has 108 valence electrons. The molecule has 20 heavy (non-hydrogen) atoms. The summed E-state index contributed by atoms with van der Waals surface area (Å²) in [5, 5.41) is 6.79. The van der Waals surface area contributed by atoms with Gasteiger partial charge in [-0.1, -0.05) is 17.7 Å². The number of H-pyrrole nitrogens is 1. The summed E-state index contributed by atoms with van der Waals surface area (Å²) in [6, 6.07) is 3.45. The number of rotatable bonds is 5. The van der Waals surface area contributed by atoms with Crippen LogP contribution in [-0.4, -0.2) is 27.8 Å². The number of carbonyl (C=O) groups is 1. The summed E-state index contributed by atoms with van der Waals surface area (Å²) in [6.07, 6.45) is 2.97. The molecule has 8 heteroatoms. The van der Waals surface area contributed by atoms with Crippen LogP contribution in [0.15, 0.2) is 24.5 Å². The van der Waals surface area contributed by atoms with E-state index in [1.165, 1.54) is 6.20 Å². The number of esters is 1. The van der Waals surface area contributed by atoms with Gasteiger partial charge in [-0.25, -0.2) is 14.9 Å². The quantitative estimate of drug-likeness (QED) is 0.677. The van der Waals surface area contributed by atoms with Gasteiger partial charge >= 0.3 is 5.97 Å². The zero-order chi connectivity index (χ0) is 13.7. The Labute approximate surface area is 126 Å². The lowest BCUT2D eigenvalue weighted by Gasteiger charge is -2.06. The summed E-state index contributed by atoms with van der Waals surface area (Å²) in [5.41, 5.74) is 1.09. The lowest BCUT2D eigenvalue weighted by atomic mass is 10.3. The van der Waals surface area contributed by atoms with Gasteiger partial charge < -0.3 is 9.47 Å². The number of nitrogens with one attached hydrogen (secondary N) is 1. The minimum atomic E-state index is -0.472. The summed E-state index contributed by atoms with van der Waals surface area (Å²) < 4.78 is 10.4. The molecule has 0 bridgehead atoms. The second kappa shape index (κ2) is 7.72. The molecule has 0 unspecified atom stereocenters. The Balaban J connectivity index is 0.00000200. The topological polar surface area (TPSA) is 77.1 Å². The Morgan fingerprint density at radius 3 is 2.85 bits per heavy atom. The highest BCUT2D eigenvalue weighted by atomic mass is 35.5. The normalized spacial score (nSPS) is 9.70. The first kappa shape index (κ1) is 16.3.